The zero-order valence-corrected chi connectivity index (χ0v) is 21.9. The molecule has 0 aliphatic carbocycles. The van der Waals surface area contributed by atoms with Gasteiger partial charge in [-0.3, -0.25) is 4.79 Å². The van der Waals surface area contributed by atoms with Crippen LogP contribution < -0.4 is 20.7 Å². The number of anilines is 1. The van der Waals surface area contributed by atoms with Gasteiger partial charge in [0.1, 0.15) is 5.75 Å². The smallest absolute Gasteiger partial charge is 0.319 e. The Labute approximate surface area is 224 Å². The summed E-state index contributed by atoms with van der Waals surface area (Å²) in [6.07, 6.45) is 6.24. The Balaban J connectivity index is 1.35. The van der Waals surface area contributed by atoms with Gasteiger partial charge in [-0.05, 0) is 73.3 Å². The zero-order chi connectivity index (χ0) is 26.6. The zero-order valence-electron chi connectivity index (χ0n) is 21.9. The number of likely N-dealkylation sites (tertiary alicyclic amines) is 1. The average Bonchev–Trinajstić information content (AvgIpc) is 3.47. The van der Waals surface area contributed by atoms with Gasteiger partial charge in [-0.1, -0.05) is 60.7 Å². The van der Waals surface area contributed by atoms with E-state index >= 15 is 0 Å². The predicted octanol–water partition coefficient (Wildman–Crippen LogP) is 4.86. The summed E-state index contributed by atoms with van der Waals surface area (Å²) in [5.41, 5.74) is 3.90. The fourth-order valence-electron chi connectivity index (χ4n) is 4.50. The van der Waals surface area contributed by atoms with E-state index in [0.29, 0.717) is 18.7 Å². The Morgan fingerprint density at radius 1 is 0.921 bits per heavy atom. The average molecular weight is 513 g/mol. The van der Waals surface area contributed by atoms with E-state index in [9.17, 15) is 9.59 Å². The summed E-state index contributed by atoms with van der Waals surface area (Å²) in [7, 11) is 1.63. The van der Waals surface area contributed by atoms with Crippen molar-refractivity contribution in [3.63, 3.8) is 0 Å². The quantitative estimate of drug-likeness (QED) is 0.321. The first-order chi connectivity index (χ1) is 18.6. The third-order valence-electron chi connectivity index (χ3n) is 6.59. The molecule has 1 aliphatic rings. The van der Waals surface area contributed by atoms with Gasteiger partial charge in [-0.25, -0.2) is 4.79 Å². The third kappa shape index (κ3) is 8.49. The first-order valence-corrected chi connectivity index (χ1v) is 13.1. The van der Waals surface area contributed by atoms with Crippen molar-refractivity contribution < 1.29 is 14.3 Å². The van der Waals surface area contributed by atoms with Crippen molar-refractivity contribution in [2.24, 2.45) is 0 Å². The maximum Gasteiger partial charge on any atom is 0.319 e. The number of amides is 3. The summed E-state index contributed by atoms with van der Waals surface area (Å²) < 4.78 is 5.24. The van der Waals surface area contributed by atoms with Crippen molar-refractivity contribution in [1.82, 2.24) is 15.5 Å². The molecule has 0 bridgehead atoms. The molecule has 7 heteroatoms. The second kappa shape index (κ2) is 14.0. The minimum absolute atomic E-state index is 0.164. The second-order valence-corrected chi connectivity index (χ2v) is 9.40. The van der Waals surface area contributed by atoms with Crippen LogP contribution in [0.25, 0.3) is 11.1 Å². The number of nitrogens with zero attached hydrogens (tertiary/aromatic N) is 1. The Bertz CT molecular complexity index is 1190. The van der Waals surface area contributed by atoms with Crippen LogP contribution in [0, 0.1) is 0 Å². The van der Waals surface area contributed by atoms with Crippen LogP contribution in [0.5, 0.6) is 5.75 Å². The molecule has 1 fully saturated rings. The molecule has 1 heterocycles. The van der Waals surface area contributed by atoms with Crippen LogP contribution in [0.2, 0.25) is 0 Å². The lowest BCUT2D eigenvalue weighted by molar-refractivity contribution is -0.116. The summed E-state index contributed by atoms with van der Waals surface area (Å²) in [5, 5.41) is 8.83. The molecule has 1 saturated heterocycles. The standard InChI is InChI=1S/C31H36N4O3/c1-38-29-16-9-24(10-17-29)23-28(15-18-30(36)32-19-22-35-20-5-6-21-35)34-31(37)33-27-13-11-26(12-14-27)25-7-3-2-4-8-25/h2-4,7-18,28H,5-6,19-23H2,1H3,(H,32,36)(H2,33,34,37)/t28-/m1/s1. The highest BCUT2D eigenvalue weighted by Gasteiger charge is 2.13. The molecule has 0 unspecified atom stereocenters. The number of carbonyl (C=O) groups excluding carboxylic acids is 2. The number of hydrogen-bond donors (Lipinski definition) is 3. The minimum Gasteiger partial charge on any atom is -0.497 e. The van der Waals surface area contributed by atoms with Gasteiger partial charge < -0.3 is 25.6 Å². The number of methoxy groups -OCH3 is 1. The van der Waals surface area contributed by atoms with Gasteiger partial charge >= 0.3 is 6.03 Å². The fourth-order valence-corrected chi connectivity index (χ4v) is 4.50. The summed E-state index contributed by atoms with van der Waals surface area (Å²) >= 11 is 0. The molecule has 7 nitrogen and oxygen atoms in total. The molecule has 0 aromatic heterocycles. The lowest BCUT2D eigenvalue weighted by Gasteiger charge is -2.17. The van der Waals surface area contributed by atoms with Gasteiger partial charge in [-0.2, -0.15) is 0 Å². The van der Waals surface area contributed by atoms with Crippen LogP contribution in [0.3, 0.4) is 0 Å². The van der Waals surface area contributed by atoms with Gasteiger partial charge in [-0.15, -0.1) is 0 Å². The Morgan fingerprint density at radius 2 is 1.61 bits per heavy atom. The molecule has 38 heavy (non-hydrogen) atoms. The van der Waals surface area contributed by atoms with Crippen molar-refractivity contribution >= 4 is 17.6 Å². The number of ether oxygens (including phenoxy) is 1. The van der Waals surface area contributed by atoms with Gasteiger partial charge in [0.2, 0.25) is 5.91 Å². The predicted molar refractivity (Wildman–Crippen MR) is 152 cm³/mol. The monoisotopic (exact) mass is 512 g/mol. The summed E-state index contributed by atoms with van der Waals surface area (Å²) in [6, 6.07) is 24.8. The van der Waals surface area contributed by atoms with Crippen LogP contribution in [0.1, 0.15) is 18.4 Å². The summed E-state index contributed by atoms with van der Waals surface area (Å²) in [5.74, 6) is 0.602. The number of benzene rings is 3. The lowest BCUT2D eigenvalue weighted by atomic mass is 10.0. The SMILES string of the molecule is COc1ccc(C[C@@H](C=CC(=O)NCCN2CCCC2)NC(=O)Nc2ccc(-c3ccccc3)cc2)cc1. The van der Waals surface area contributed by atoms with Gasteiger partial charge in [0.15, 0.2) is 0 Å². The van der Waals surface area contributed by atoms with Crippen LogP contribution in [0.4, 0.5) is 10.5 Å². The van der Waals surface area contributed by atoms with Crippen molar-refractivity contribution in [1.29, 1.82) is 0 Å². The normalized spacial score (nSPS) is 14.2. The maximum absolute atomic E-state index is 12.8. The number of rotatable bonds is 11. The molecule has 3 aromatic rings. The van der Waals surface area contributed by atoms with Crippen molar-refractivity contribution in [3.05, 3.63) is 96.6 Å². The summed E-state index contributed by atoms with van der Waals surface area (Å²) in [4.78, 5) is 27.6. The van der Waals surface area contributed by atoms with E-state index < -0.39 is 0 Å². The molecule has 3 aromatic carbocycles. The van der Waals surface area contributed by atoms with Crippen molar-refractivity contribution in [3.8, 4) is 16.9 Å². The number of nitrogens with one attached hydrogen (secondary N) is 3. The first kappa shape index (κ1) is 26.9. The maximum atomic E-state index is 12.8. The van der Waals surface area contributed by atoms with Gasteiger partial charge in [0.25, 0.3) is 0 Å². The molecule has 0 radical (unpaired) electrons. The summed E-state index contributed by atoms with van der Waals surface area (Å²) in [6.45, 7) is 3.67. The molecule has 0 spiro atoms. The van der Waals surface area contributed by atoms with E-state index in [1.165, 1.54) is 18.9 Å². The molecule has 1 aliphatic heterocycles. The largest absolute Gasteiger partial charge is 0.497 e. The van der Waals surface area contributed by atoms with E-state index in [0.717, 1.165) is 42.1 Å². The second-order valence-electron chi connectivity index (χ2n) is 9.40. The highest BCUT2D eigenvalue weighted by Crippen LogP contribution is 2.21. The molecule has 3 amide bonds. The molecular formula is C31H36N4O3. The third-order valence-corrected chi connectivity index (χ3v) is 6.59. The van der Waals surface area contributed by atoms with Crippen LogP contribution in [0.15, 0.2) is 91.0 Å². The number of urea groups is 1. The van der Waals surface area contributed by atoms with Crippen molar-refractivity contribution in [2.45, 2.75) is 25.3 Å². The van der Waals surface area contributed by atoms with Crippen LogP contribution >= 0.6 is 0 Å². The van der Waals surface area contributed by atoms with E-state index in [-0.39, 0.29) is 18.0 Å². The topological polar surface area (TPSA) is 82.7 Å². The van der Waals surface area contributed by atoms with E-state index in [2.05, 4.69) is 20.9 Å². The van der Waals surface area contributed by atoms with E-state index in [1.807, 2.05) is 78.9 Å². The van der Waals surface area contributed by atoms with E-state index in [4.69, 9.17) is 4.74 Å². The van der Waals surface area contributed by atoms with Crippen LogP contribution in [-0.4, -0.2) is 56.2 Å². The Morgan fingerprint density at radius 3 is 2.29 bits per heavy atom. The number of hydrogen-bond acceptors (Lipinski definition) is 4. The molecular weight excluding hydrogens is 476 g/mol. The molecule has 1 atom stereocenters. The van der Waals surface area contributed by atoms with Crippen molar-refractivity contribution in [2.75, 3.05) is 38.6 Å². The Hall–Kier alpha value is -4.10. The Kier molecular flexibility index (Phi) is 9.93. The van der Waals surface area contributed by atoms with E-state index in [1.54, 1.807) is 13.2 Å². The molecule has 4 rings (SSSR count). The van der Waals surface area contributed by atoms with Gasteiger partial charge in [0, 0.05) is 24.9 Å². The molecule has 0 saturated carbocycles. The lowest BCUT2D eigenvalue weighted by Crippen LogP contribution is -2.38. The highest BCUT2D eigenvalue weighted by molar-refractivity contribution is 5.90. The first-order valence-electron chi connectivity index (χ1n) is 13.1. The van der Waals surface area contributed by atoms with Crippen LogP contribution in [-0.2, 0) is 11.2 Å². The minimum atomic E-state index is -0.378. The number of carbonyl (C=O) groups is 2. The molecule has 198 valence electrons. The highest BCUT2D eigenvalue weighted by atomic mass is 16.5. The molecule has 3 N–H and O–H groups in total. The van der Waals surface area contributed by atoms with Gasteiger partial charge in [0.05, 0.1) is 13.2 Å². The fraction of sp³-hybridized carbons (Fsp3) is 0.290.